The molecule has 0 aromatic rings. The van der Waals surface area contributed by atoms with Gasteiger partial charge in [-0.25, -0.2) is 0 Å². The summed E-state index contributed by atoms with van der Waals surface area (Å²) in [4.78, 5) is 13.3. The molecule has 6 heteroatoms. The second kappa shape index (κ2) is 10.1. The van der Waals surface area contributed by atoms with Gasteiger partial charge in [0.1, 0.15) is 0 Å². The minimum atomic E-state index is -0.220. The Balaban J connectivity index is 3.67. The number of aliphatic hydroxyl groups excluding tert-OH is 2. The van der Waals surface area contributed by atoms with Crippen LogP contribution in [0.5, 0.6) is 0 Å². The summed E-state index contributed by atoms with van der Waals surface area (Å²) in [5.74, 6) is -0.220. The van der Waals surface area contributed by atoms with E-state index in [1.807, 2.05) is 4.90 Å². The monoisotopic (exact) mass is 277 g/mol. The van der Waals surface area contributed by atoms with Crippen LogP contribution in [0.1, 0.15) is 12.8 Å². The largest absolute Gasteiger partial charge is 0.465 e. The van der Waals surface area contributed by atoms with Crippen molar-refractivity contribution >= 4 is 5.97 Å². The van der Waals surface area contributed by atoms with Gasteiger partial charge in [-0.1, -0.05) is 0 Å². The third kappa shape index (κ3) is 12.1. The molecule has 0 aromatic carbocycles. The van der Waals surface area contributed by atoms with Crippen LogP contribution in [-0.2, 0) is 9.53 Å². The van der Waals surface area contributed by atoms with Gasteiger partial charge in [-0.05, 0) is 0 Å². The quantitative estimate of drug-likeness (QED) is 0.297. The fourth-order valence-electron chi connectivity index (χ4n) is 1.66. The summed E-state index contributed by atoms with van der Waals surface area (Å²) in [6.45, 7) is 2.92. The Hall–Kier alpha value is -0.690. The minimum absolute atomic E-state index is 0.0263. The molecule has 0 saturated carbocycles. The normalized spacial score (nSPS) is 11.9. The number of ether oxygens (including phenoxy) is 1. The molecule has 0 radical (unpaired) electrons. The SMILES string of the molecule is C[N+](C)(C)CCCOC(=O)CCN(CCO)CCO. The van der Waals surface area contributed by atoms with E-state index in [-0.39, 0.29) is 19.2 Å². The highest BCUT2D eigenvalue weighted by Gasteiger charge is 2.10. The summed E-state index contributed by atoms with van der Waals surface area (Å²) < 4.78 is 6.00. The molecule has 0 aliphatic heterocycles. The van der Waals surface area contributed by atoms with Crippen LogP contribution in [-0.4, -0.2) is 92.7 Å². The van der Waals surface area contributed by atoms with E-state index < -0.39 is 0 Å². The molecule has 0 aromatic heterocycles. The van der Waals surface area contributed by atoms with Gasteiger partial charge in [0.05, 0.1) is 53.9 Å². The molecule has 0 aliphatic rings. The number of hydrogen-bond donors (Lipinski definition) is 2. The molecular formula is C13H29N2O4+. The summed E-state index contributed by atoms with van der Waals surface area (Å²) in [5, 5.41) is 17.7. The van der Waals surface area contributed by atoms with Gasteiger partial charge in [-0.3, -0.25) is 9.69 Å². The maximum Gasteiger partial charge on any atom is 0.307 e. The Kier molecular flexibility index (Phi) is 9.77. The number of carbonyl (C=O) groups excluding carboxylic acids is 1. The molecule has 0 spiro atoms. The highest BCUT2D eigenvalue weighted by molar-refractivity contribution is 5.69. The maximum absolute atomic E-state index is 11.5. The molecule has 0 rings (SSSR count). The topological polar surface area (TPSA) is 70.0 Å². The lowest BCUT2D eigenvalue weighted by Gasteiger charge is -2.23. The Bertz CT molecular complexity index is 235. The number of hydrogen-bond acceptors (Lipinski definition) is 5. The maximum atomic E-state index is 11.5. The van der Waals surface area contributed by atoms with E-state index in [0.717, 1.165) is 17.4 Å². The molecular weight excluding hydrogens is 248 g/mol. The zero-order valence-electron chi connectivity index (χ0n) is 12.5. The van der Waals surface area contributed by atoms with E-state index in [0.29, 0.717) is 32.7 Å². The number of aliphatic hydroxyl groups is 2. The van der Waals surface area contributed by atoms with Crippen molar-refractivity contribution < 1.29 is 24.2 Å². The van der Waals surface area contributed by atoms with E-state index in [2.05, 4.69) is 21.1 Å². The van der Waals surface area contributed by atoms with E-state index in [9.17, 15) is 4.79 Å². The van der Waals surface area contributed by atoms with Crippen LogP contribution in [0, 0.1) is 0 Å². The predicted octanol–water partition coefficient (Wildman–Crippen LogP) is -0.697. The van der Waals surface area contributed by atoms with Gasteiger partial charge in [0.2, 0.25) is 0 Å². The van der Waals surface area contributed by atoms with Crippen molar-refractivity contribution in [3.8, 4) is 0 Å². The fourth-order valence-corrected chi connectivity index (χ4v) is 1.66. The molecule has 19 heavy (non-hydrogen) atoms. The Labute approximate surface area is 116 Å². The van der Waals surface area contributed by atoms with Crippen molar-refractivity contribution in [3.05, 3.63) is 0 Å². The Morgan fingerprint density at radius 3 is 2.16 bits per heavy atom. The first-order valence-electron chi connectivity index (χ1n) is 6.79. The first-order chi connectivity index (χ1) is 8.89. The van der Waals surface area contributed by atoms with Crippen molar-refractivity contribution in [2.45, 2.75) is 12.8 Å². The molecule has 0 unspecified atom stereocenters. The van der Waals surface area contributed by atoms with Gasteiger partial charge >= 0.3 is 5.97 Å². The zero-order valence-corrected chi connectivity index (χ0v) is 12.5. The molecule has 6 nitrogen and oxygen atoms in total. The van der Waals surface area contributed by atoms with Crippen molar-refractivity contribution in [2.75, 3.05) is 67.1 Å². The summed E-state index contributed by atoms with van der Waals surface area (Å²) in [6.07, 6.45) is 1.15. The third-order valence-corrected chi connectivity index (χ3v) is 2.70. The standard InChI is InChI=1S/C13H29N2O4/c1-15(2,3)9-4-12-19-13(18)5-6-14(7-10-16)8-11-17/h16-17H,4-12H2,1-3H3/q+1. The Morgan fingerprint density at radius 2 is 1.68 bits per heavy atom. The van der Waals surface area contributed by atoms with Crippen molar-refractivity contribution in [1.29, 1.82) is 0 Å². The van der Waals surface area contributed by atoms with Gasteiger partial charge in [0.25, 0.3) is 0 Å². The summed E-state index contributed by atoms with van der Waals surface area (Å²) in [6, 6.07) is 0. The number of nitrogens with zero attached hydrogens (tertiary/aromatic N) is 2. The molecule has 0 fully saturated rings. The average Bonchev–Trinajstić information content (AvgIpc) is 2.31. The molecule has 0 saturated heterocycles. The number of quaternary nitrogens is 1. The smallest absolute Gasteiger partial charge is 0.307 e. The van der Waals surface area contributed by atoms with Crippen LogP contribution in [0.2, 0.25) is 0 Å². The van der Waals surface area contributed by atoms with Gasteiger partial charge in [0.15, 0.2) is 0 Å². The molecule has 0 bridgehead atoms. The lowest BCUT2D eigenvalue weighted by molar-refractivity contribution is -0.870. The van der Waals surface area contributed by atoms with E-state index in [1.165, 1.54) is 0 Å². The van der Waals surface area contributed by atoms with Crippen LogP contribution in [0.4, 0.5) is 0 Å². The molecule has 0 aliphatic carbocycles. The number of carbonyl (C=O) groups is 1. The lowest BCUT2D eigenvalue weighted by atomic mass is 10.3. The van der Waals surface area contributed by atoms with Crippen LogP contribution in [0.15, 0.2) is 0 Å². The van der Waals surface area contributed by atoms with Crippen molar-refractivity contribution in [1.82, 2.24) is 4.90 Å². The summed E-state index contributed by atoms with van der Waals surface area (Å²) >= 11 is 0. The van der Waals surface area contributed by atoms with E-state index >= 15 is 0 Å². The van der Waals surface area contributed by atoms with Gasteiger partial charge in [-0.2, -0.15) is 0 Å². The molecule has 2 N–H and O–H groups in total. The van der Waals surface area contributed by atoms with Crippen molar-refractivity contribution in [2.24, 2.45) is 0 Å². The molecule has 0 atom stereocenters. The third-order valence-electron chi connectivity index (χ3n) is 2.70. The number of rotatable bonds is 11. The fraction of sp³-hybridized carbons (Fsp3) is 0.923. The molecule has 0 heterocycles. The first-order valence-corrected chi connectivity index (χ1v) is 6.79. The highest BCUT2D eigenvalue weighted by Crippen LogP contribution is 1.97. The lowest BCUT2D eigenvalue weighted by Crippen LogP contribution is -2.36. The minimum Gasteiger partial charge on any atom is -0.465 e. The number of esters is 1. The van der Waals surface area contributed by atoms with E-state index in [1.54, 1.807) is 0 Å². The second-order valence-corrected chi connectivity index (χ2v) is 5.63. The van der Waals surface area contributed by atoms with Gasteiger partial charge < -0.3 is 19.4 Å². The van der Waals surface area contributed by atoms with Crippen molar-refractivity contribution in [3.63, 3.8) is 0 Å². The van der Waals surface area contributed by atoms with Crippen LogP contribution < -0.4 is 0 Å². The van der Waals surface area contributed by atoms with Crippen LogP contribution in [0.3, 0.4) is 0 Å². The van der Waals surface area contributed by atoms with E-state index in [4.69, 9.17) is 14.9 Å². The molecule has 114 valence electrons. The first kappa shape index (κ1) is 18.3. The van der Waals surface area contributed by atoms with Gasteiger partial charge in [-0.15, -0.1) is 0 Å². The highest BCUT2D eigenvalue weighted by atomic mass is 16.5. The van der Waals surface area contributed by atoms with Crippen LogP contribution >= 0.6 is 0 Å². The Morgan fingerprint density at radius 1 is 1.11 bits per heavy atom. The van der Waals surface area contributed by atoms with Gasteiger partial charge in [0, 0.05) is 26.1 Å². The second-order valence-electron chi connectivity index (χ2n) is 5.63. The zero-order chi connectivity index (χ0) is 14.7. The summed E-state index contributed by atoms with van der Waals surface area (Å²) in [5.41, 5.74) is 0. The predicted molar refractivity (Wildman–Crippen MR) is 73.7 cm³/mol. The van der Waals surface area contributed by atoms with Crippen LogP contribution in [0.25, 0.3) is 0 Å². The summed E-state index contributed by atoms with van der Waals surface area (Å²) in [7, 11) is 6.30. The average molecular weight is 277 g/mol. The molecule has 0 amide bonds.